The Balaban J connectivity index is 2.09. The predicted octanol–water partition coefficient (Wildman–Crippen LogP) is 3.25. The fourth-order valence-electron chi connectivity index (χ4n) is 1.50. The Hall–Kier alpha value is -1.99. The van der Waals surface area contributed by atoms with E-state index in [1.807, 2.05) is 24.3 Å². The summed E-state index contributed by atoms with van der Waals surface area (Å²) in [5.41, 5.74) is 1.76. The number of rotatable bonds is 4. The van der Waals surface area contributed by atoms with Crippen molar-refractivity contribution >= 4 is 11.8 Å². The molecule has 90 valence electrons. The second-order valence-corrected chi connectivity index (χ2v) is 4.57. The predicted molar refractivity (Wildman–Crippen MR) is 71.5 cm³/mol. The zero-order valence-electron chi connectivity index (χ0n) is 9.96. The van der Waals surface area contributed by atoms with Crippen LogP contribution in [0.5, 0.6) is 5.75 Å². The normalized spacial score (nSPS) is 9.78. The number of hydrogen-bond acceptors (Lipinski definition) is 4. The molecule has 2 rings (SSSR count). The van der Waals surface area contributed by atoms with E-state index < -0.39 is 0 Å². The molecule has 0 saturated heterocycles. The smallest absolute Gasteiger partial charge is 0.119 e. The van der Waals surface area contributed by atoms with Crippen LogP contribution in [0.3, 0.4) is 0 Å². The van der Waals surface area contributed by atoms with Gasteiger partial charge >= 0.3 is 0 Å². The maximum Gasteiger partial charge on any atom is 0.119 e. The summed E-state index contributed by atoms with van der Waals surface area (Å²) in [7, 11) is 1.65. The second-order valence-electron chi connectivity index (χ2n) is 3.61. The van der Waals surface area contributed by atoms with Crippen LogP contribution in [0.25, 0.3) is 0 Å². The van der Waals surface area contributed by atoms with E-state index in [4.69, 9.17) is 10.00 Å². The Morgan fingerprint density at radius 2 is 2.22 bits per heavy atom. The average Bonchev–Trinajstić information content (AvgIpc) is 2.45. The fraction of sp³-hybridized carbons (Fsp3) is 0.143. The number of thioether (sulfide) groups is 1. The summed E-state index contributed by atoms with van der Waals surface area (Å²) in [5.74, 6) is 1.61. The number of methoxy groups -OCH3 is 1. The first-order valence-electron chi connectivity index (χ1n) is 5.44. The summed E-state index contributed by atoms with van der Waals surface area (Å²) in [6.45, 7) is 0. The number of benzene rings is 1. The maximum absolute atomic E-state index is 8.97. The van der Waals surface area contributed by atoms with Crippen LogP contribution in [0.1, 0.15) is 11.1 Å². The largest absolute Gasteiger partial charge is 0.497 e. The molecular formula is C14H12N2OS. The molecule has 18 heavy (non-hydrogen) atoms. The second kappa shape index (κ2) is 6.08. The van der Waals surface area contributed by atoms with Crippen LogP contribution in [0.15, 0.2) is 47.6 Å². The Labute approximate surface area is 110 Å². The molecule has 1 aromatic carbocycles. The summed E-state index contributed by atoms with van der Waals surface area (Å²) in [4.78, 5) is 4.22. The van der Waals surface area contributed by atoms with Gasteiger partial charge in [-0.3, -0.25) is 0 Å². The Bertz CT molecular complexity index is 578. The van der Waals surface area contributed by atoms with Gasteiger partial charge < -0.3 is 4.74 Å². The molecule has 0 amide bonds. The topological polar surface area (TPSA) is 45.9 Å². The van der Waals surface area contributed by atoms with E-state index in [-0.39, 0.29) is 0 Å². The SMILES string of the molecule is COc1cccc(CSc2ncccc2C#N)c1. The van der Waals surface area contributed by atoms with E-state index in [1.165, 1.54) is 0 Å². The van der Waals surface area contributed by atoms with Gasteiger partial charge in [-0.15, -0.1) is 11.8 Å². The standard InChI is InChI=1S/C14H12N2OS/c1-17-13-6-2-4-11(8-13)10-18-14-12(9-15)5-3-7-16-14/h2-8H,10H2,1H3. The van der Waals surface area contributed by atoms with Crippen LogP contribution in [-0.2, 0) is 5.75 Å². The third-order valence-corrected chi connectivity index (χ3v) is 3.48. The highest BCUT2D eigenvalue weighted by Gasteiger charge is 2.04. The molecule has 0 saturated carbocycles. The van der Waals surface area contributed by atoms with Crippen molar-refractivity contribution in [2.24, 2.45) is 0 Å². The van der Waals surface area contributed by atoms with Crippen molar-refractivity contribution in [3.8, 4) is 11.8 Å². The van der Waals surface area contributed by atoms with Crippen LogP contribution in [-0.4, -0.2) is 12.1 Å². The van der Waals surface area contributed by atoms with Gasteiger partial charge in [-0.2, -0.15) is 5.26 Å². The highest BCUT2D eigenvalue weighted by molar-refractivity contribution is 7.98. The zero-order valence-corrected chi connectivity index (χ0v) is 10.8. The molecule has 0 unspecified atom stereocenters. The average molecular weight is 256 g/mol. The van der Waals surface area contributed by atoms with E-state index in [0.29, 0.717) is 5.56 Å². The van der Waals surface area contributed by atoms with E-state index in [1.54, 1.807) is 37.2 Å². The van der Waals surface area contributed by atoms with Gasteiger partial charge in [0.25, 0.3) is 0 Å². The van der Waals surface area contributed by atoms with Gasteiger partial charge in [0.2, 0.25) is 0 Å². The molecule has 2 aromatic rings. The Morgan fingerprint density at radius 3 is 3.00 bits per heavy atom. The first kappa shape index (κ1) is 12.5. The maximum atomic E-state index is 8.97. The van der Waals surface area contributed by atoms with Crippen molar-refractivity contribution in [1.82, 2.24) is 4.98 Å². The Morgan fingerprint density at radius 1 is 1.33 bits per heavy atom. The minimum atomic E-state index is 0.616. The van der Waals surface area contributed by atoms with Crippen molar-refractivity contribution in [2.45, 2.75) is 10.8 Å². The van der Waals surface area contributed by atoms with Crippen molar-refractivity contribution < 1.29 is 4.74 Å². The molecule has 3 nitrogen and oxygen atoms in total. The van der Waals surface area contributed by atoms with Crippen molar-refractivity contribution in [3.63, 3.8) is 0 Å². The minimum Gasteiger partial charge on any atom is -0.497 e. The first-order valence-corrected chi connectivity index (χ1v) is 6.43. The van der Waals surface area contributed by atoms with Crippen molar-refractivity contribution in [3.05, 3.63) is 53.7 Å². The Kier molecular flexibility index (Phi) is 4.21. The fourth-order valence-corrected chi connectivity index (χ4v) is 2.39. The quantitative estimate of drug-likeness (QED) is 0.788. The van der Waals surface area contributed by atoms with Crippen molar-refractivity contribution in [1.29, 1.82) is 5.26 Å². The van der Waals surface area contributed by atoms with Gasteiger partial charge in [0.15, 0.2) is 0 Å². The highest BCUT2D eigenvalue weighted by atomic mass is 32.2. The summed E-state index contributed by atoms with van der Waals surface area (Å²) in [6.07, 6.45) is 1.70. The lowest BCUT2D eigenvalue weighted by molar-refractivity contribution is 0.414. The van der Waals surface area contributed by atoms with Crippen molar-refractivity contribution in [2.75, 3.05) is 7.11 Å². The lowest BCUT2D eigenvalue weighted by Crippen LogP contribution is -1.88. The molecule has 0 radical (unpaired) electrons. The van der Waals surface area contributed by atoms with Gasteiger partial charge in [0, 0.05) is 11.9 Å². The van der Waals surface area contributed by atoms with Gasteiger partial charge in [0.05, 0.1) is 12.7 Å². The van der Waals surface area contributed by atoms with Crippen LogP contribution >= 0.6 is 11.8 Å². The number of ether oxygens (including phenoxy) is 1. The third kappa shape index (κ3) is 3.02. The van der Waals surface area contributed by atoms with Crippen LogP contribution in [0, 0.1) is 11.3 Å². The van der Waals surface area contributed by atoms with Gasteiger partial charge in [-0.25, -0.2) is 4.98 Å². The number of pyridine rings is 1. The first-order chi connectivity index (χ1) is 8.83. The molecule has 0 atom stereocenters. The molecule has 0 aliphatic rings. The summed E-state index contributed by atoms with van der Waals surface area (Å²) in [5, 5.41) is 9.74. The number of nitrogens with zero attached hydrogens (tertiary/aromatic N) is 2. The van der Waals surface area contributed by atoms with Gasteiger partial charge in [-0.05, 0) is 29.8 Å². The lowest BCUT2D eigenvalue weighted by atomic mass is 10.2. The molecule has 1 aromatic heterocycles. The number of aromatic nitrogens is 1. The van der Waals surface area contributed by atoms with Crippen LogP contribution < -0.4 is 4.74 Å². The number of nitriles is 1. The van der Waals surface area contributed by atoms with E-state index >= 15 is 0 Å². The minimum absolute atomic E-state index is 0.616. The summed E-state index contributed by atoms with van der Waals surface area (Å²) in [6, 6.07) is 13.6. The summed E-state index contributed by atoms with van der Waals surface area (Å²) < 4.78 is 5.17. The molecule has 1 heterocycles. The third-order valence-electron chi connectivity index (χ3n) is 2.40. The molecule has 4 heteroatoms. The zero-order chi connectivity index (χ0) is 12.8. The molecule has 0 aliphatic carbocycles. The monoisotopic (exact) mass is 256 g/mol. The molecule has 0 N–H and O–H groups in total. The molecule has 0 bridgehead atoms. The lowest BCUT2D eigenvalue weighted by Gasteiger charge is -2.05. The van der Waals surface area contributed by atoms with E-state index in [2.05, 4.69) is 11.1 Å². The van der Waals surface area contributed by atoms with E-state index in [0.717, 1.165) is 22.1 Å². The van der Waals surface area contributed by atoms with Gasteiger partial charge in [0.1, 0.15) is 16.8 Å². The van der Waals surface area contributed by atoms with Crippen LogP contribution in [0.2, 0.25) is 0 Å². The highest BCUT2D eigenvalue weighted by Crippen LogP contribution is 2.25. The molecular weight excluding hydrogens is 244 g/mol. The van der Waals surface area contributed by atoms with Gasteiger partial charge in [-0.1, -0.05) is 12.1 Å². The van der Waals surface area contributed by atoms with E-state index in [9.17, 15) is 0 Å². The molecule has 0 aliphatic heterocycles. The molecule has 0 spiro atoms. The summed E-state index contributed by atoms with van der Waals surface area (Å²) >= 11 is 1.55. The molecule has 0 fully saturated rings. The van der Waals surface area contributed by atoms with Crippen LogP contribution in [0.4, 0.5) is 0 Å². The number of hydrogen-bond donors (Lipinski definition) is 0.